The summed E-state index contributed by atoms with van der Waals surface area (Å²) in [6.45, 7) is 0. The standard InChI is InChI=1S/C12H10F2O/c13-10-3-2-9(12(14)7-10)5-8-1-4-11(15)6-8/h2-3,6-7H,1,4-5H2. The van der Waals surface area contributed by atoms with Gasteiger partial charge in [-0.2, -0.15) is 0 Å². The van der Waals surface area contributed by atoms with Gasteiger partial charge >= 0.3 is 0 Å². The van der Waals surface area contributed by atoms with Gasteiger partial charge in [-0.15, -0.1) is 0 Å². The molecule has 3 heteroatoms. The summed E-state index contributed by atoms with van der Waals surface area (Å²) >= 11 is 0. The molecule has 0 bridgehead atoms. The molecular weight excluding hydrogens is 198 g/mol. The van der Waals surface area contributed by atoms with Crippen molar-refractivity contribution in [2.75, 3.05) is 0 Å². The minimum Gasteiger partial charge on any atom is -0.295 e. The number of carbonyl (C=O) groups is 1. The lowest BCUT2D eigenvalue weighted by Crippen LogP contribution is -1.93. The summed E-state index contributed by atoms with van der Waals surface area (Å²) in [6, 6.07) is 3.52. The third-order valence-corrected chi connectivity index (χ3v) is 2.49. The molecule has 1 aromatic carbocycles. The van der Waals surface area contributed by atoms with Crippen molar-refractivity contribution in [3.8, 4) is 0 Å². The summed E-state index contributed by atoms with van der Waals surface area (Å²) < 4.78 is 25.9. The molecule has 1 aliphatic rings. The zero-order valence-corrected chi connectivity index (χ0v) is 8.09. The molecule has 0 radical (unpaired) electrons. The van der Waals surface area contributed by atoms with E-state index in [-0.39, 0.29) is 5.78 Å². The molecular formula is C12H10F2O. The van der Waals surface area contributed by atoms with Crippen LogP contribution in [0.5, 0.6) is 0 Å². The molecule has 0 fully saturated rings. The van der Waals surface area contributed by atoms with Crippen LogP contribution in [0.3, 0.4) is 0 Å². The van der Waals surface area contributed by atoms with E-state index in [1.807, 2.05) is 0 Å². The molecule has 0 heterocycles. The van der Waals surface area contributed by atoms with E-state index in [0.29, 0.717) is 24.8 Å². The first-order valence-corrected chi connectivity index (χ1v) is 4.81. The quantitative estimate of drug-likeness (QED) is 0.730. The molecule has 0 atom stereocenters. The first-order chi connectivity index (χ1) is 7.15. The van der Waals surface area contributed by atoms with Gasteiger partial charge in [-0.05, 0) is 30.5 Å². The van der Waals surface area contributed by atoms with Crippen molar-refractivity contribution in [1.29, 1.82) is 0 Å². The van der Waals surface area contributed by atoms with Gasteiger partial charge in [-0.1, -0.05) is 11.6 Å². The van der Waals surface area contributed by atoms with E-state index in [0.717, 1.165) is 11.6 Å². The summed E-state index contributed by atoms with van der Waals surface area (Å²) in [5, 5.41) is 0. The van der Waals surface area contributed by atoms with Crippen LogP contribution in [0.15, 0.2) is 29.8 Å². The Labute approximate surface area is 86.4 Å². The lowest BCUT2D eigenvalue weighted by atomic mass is 10.0. The second-order valence-corrected chi connectivity index (χ2v) is 3.68. The lowest BCUT2D eigenvalue weighted by Gasteiger charge is -2.03. The van der Waals surface area contributed by atoms with Crippen LogP contribution >= 0.6 is 0 Å². The summed E-state index contributed by atoms with van der Waals surface area (Å²) in [4.78, 5) is 11.0. The maximum atomic E-state index is 13.2. The number of hydrogen-bond donors (Lipinski definition) is 0. The summed E-state index contributed by atoms with van der Waals surface area (Å²) in [5.41, 5.74) is 1.36. The fourth-order valence-corrected chi connectivity index (χ4v) is 1.70. The highest BCUT2D eigenvalue weighted by atomic mass is 19.1. The average Bonchev–Trinajstić information content (AvgIpc) is 2.56. The van der Waals surface area contributed by atoms with Gasteiger partial charge in [0.15, 0.2) is 5.78 Å². The van der Waals surface area contributed by atoms with Crippen molar-refractivity contribution in [1.82, 2.24) is 0 Å². The number of rotatable bonds is 2. The zero-order chi connectivity index (χ0) is 10.8. The maximum absolute atomic E-state index is 13.2. The molecule has 0 saturated heterocycles. The Kier molecular flexibility index (Phi) is 2.62. The fourth-order valence-electron chi connectivity index (χ4n) is 1.70. The lowest BCUT2D eigenvalue weighted by molar-refractivity contribution is -0.114. The van der Waals surface area contributed by atoms with E-state index in [2.05, 4.69) is 0 Å². The molecule has 0 aromatic heterocycles. The summed E-state index contributed by atoms with van der Waals surface area (Å²) in [6.07, 6.45) is 3.16. The van der Waals surface area contributed by atoms with Crippen molar-refractivity contribution in [3.63, 3.8) is 0 Å². The van der Waals surface area contributed by atoms with E-state index in [1.54, 1.807) is 6.08 Å². The normalized spacial score (nSPS) is 15.6. The molecule has 78 valence electrons. The minimum atomic E-state index is -0.576. The van der Waals surface area contributed by atoms with Crippen LogP contribution < -0.4 is 0 Å². The van der Waals surface area contributed by atoms with Gasteiger partial charge in [0.05, 0.1) is 0 Å². The Morgan fingerprint density at radius 1 is 1.20 bits per heavy atom. The van der Waals surface area contributed by atoms with E-state index in [1.165, 1.54) is 12.1 Å². The number of halogens is 2. The van der Waals surface area contributed by atoms with Crippen LogP contribution in [0, 0.1) is 11.6 Å². The van der Waals surface area contributed by atoms with Crippen LogP contribution in [0.1, 0.15) is 18.4 Å². The van der Waals surface area contributed by atoms with Crippen molar-refractivity contribution in [2.45, 2.75) is 19.3 Å². The molecule has 1 aromatic rings. The van der Waals surface area contributed by atoms with Gasteiger partial charge in [0.1, 0.15) is 11.6 Å². The Balaban J connectivity index is 2.18. The third-order valence-electron chi connectivity index (χ3n) is 2.49. The van der Waals surface area contributed by atoms with E-state index in [9.17, 15) is 13.6 Å². The van der Waals surface area contributed by atoms with Crippen molar-refractivity contribution in [3.05, 3.63) is 47.0 Å². The van der Waals surface area contributed by atoms with Gasteiger partial charge in [-0.3, -0.25) is 4.79 Å². The van der Waals surface area contributed by atoms with Crippen LogP contribution in [0.2, 0.25) is 0 Å². The Morgan fingerprint density at radius 2 is 2.00 bits per heavy atom. The predicted molar refractivity (Wildman–Crippen MR) is 52.4 cm³/mol. The SMILES string of the molecule is O=C1C=C(Cc2ccc(F)cc2F)CC1. The van der Waals surface area contributed by atoms with E-state index < -0.39 is 11.6 Å². The van der Waals surface area contributed by atoms with Gasteiger partial charge in [0.25, 0.3) is 0 Å². The molecule has 0 spiro atoms. The third kappa shape index (κ3) is 2.29. The first-order valence-electron chi connectivity index (χ1n) is 4.81. The number of hydrogen-bond acceptors (Lipinski definition) is 1. The Morgan fingerprint density at radius 3 is 2.60 bits per heavy atom. The molecule has 0 amide bonds. The molecule has 1 aliphatic carbocycles. The largest absolute Gasteiger partial charge is 0.295 e. The average molecular weight is 208 g/mol. The van der Waals surface area contributed by atoms with E-state index in [4.69, 9.17) is 0 Å². The molecule has 2 rings (SSSR count). The van der Waals surface area contributed by atoms with Gasteiger partial charge in [0, 0.05) is 12.5 Å². The first kappa shape index (κ1) is 10.0. The molecule has 15 heavy (non-hydrogen) atoms. The smallest absolute Gasteiger partial charge is 0.155 e. The Hall–Kier alpha value is -1.51. The van der Waals surface area contributed by atoms with Crippen molar-refractivity contribution < 1.29 is 13.6 Å². The highest BCUT2D eigenvalue weighted by molar-refractivity contribution is 5.93. The number of ketones is 1. The molecule has 0 N–H and O–H groups in total. The molecule has 0 unspecified atom stereocenters. The summed E-state index contributed by atoms with van der Waals surface area (Å²) in [7, 11) is 0. The fraction of sp³-hybridized carbons (Fsp3) is 0.250. The van der Waals surface area contributed by atoms with E-state index >= 15 is 0 Å². The second kappa shape index (κ2) is 3.93. The molecule has 0 aliphatic heterocycles. The highest BCUT2D eigenvalue weighted by Gasteiger charge is 2.14. The van der Waals surface area contributed by atoms with Gasteiger partial charge < -0.3 is 0 Å². The minimum absolute atomic E-state index is 0.0903. The zero-order valence-electron chi connectivity index (χ0n) is 8.09. The van der Waals surface area contributed by atoms with Crippen LogP contribution in [-0.2, 0) is 11.2 Å². The summed E-state index contributed by atoms with van der Waals surface area (Å²) in [5.74, 6) is -1.03. The van der Waals surface area contributed by atoms with Crippen LogP contribution in [0.4, 0.5) is 8.78 Å². The second-order valence-electron chi connectivity index (χ2n) is 3.68. The monoisotopic (exact) mass is 208 g/mol. The number of benzene rings is 1. The van der Waals surface area contributed by atoms with Crippen LogP contribution in [-0.4, -0.2) is 5.78 Å². The Bertz CT molecular complexity index is 435. The van der Waals surface area contributed by atoms with Crippen molar-refractivity contribution in [2.24, 2.45) is 0 Å². The number of allylic oxidation sites excluding steroid dienone is 2. The maximum Gasteiger partial charge on any atom is 0.155 e. The van der Waals surface area contributed by atoms with Gasteiger partial charge in [0.2, 0.25) is 0 Å². The predicted octanol–water partition coefficient (Wildman–Crippen LogP) is 2.80. The molecule has 0 saturated carbocycles. The number of carbonyl (C=O) groups excluding carboxylic acids is 1. The van der Waals surface area contributed by atoms with Crippen LogP contribution in [0.25, 0.3) is 0 Å². The van der Waals surface area contributed by atoms with Gasteiger partial charge in [-0.25, -0.2) is 8.78 Å². The topological polar surface area (TPSA) is 17.1 Å². The highest BCUT2D eigenvalue weighted by Crippen LogP contribution is 2.21. The van der Waals surface area contributed by atoms with Crippen molar-refractivity contribution >= 4 is 5.78 Å². The molecule has 1 nitrogen and oxygen atoms in total.